The molecule has 5 nitrogen and oxygen atoms in total. The lowest BCUT2D eigenvalue weighted by Crippen LogP contribution is -2.37. The van der Waals surface area contributed by atoms with Crippen LogP contribution in [0.15, 0.2) is 54.6 Å². The summed E-state index contributed by atoms with van der Waals surface area (Å²) in [4.78, 5) is 14.9. The van der Waals surface area contributed by atoms with Crippen LogP contribution in [0.1, 0.15) is 22.3 Å². The van der Waals surface area contributed by atoms with Gasteiger partial charge in [-0.05, 0) is 36.8 Å². The molecule has 0 aromatic heterocycles. The van der Waals surface area contributed by atoms with Crippen molar-refractivity contribution in [1.29, 1.82) is 0 Å². The van der Waals surface area contributed by atoms with Crippen molar-refractivity contribution in [3.63, 3.8) is 0 Å². The molecule has 0 spiro atoms. The smallest absolute Gasteiger partial charge is 0.185 e. The zero-order valence-electron chi connectivity index (χ0n) is 16.3. The second-order valence-corrected chi connectivity index (χ2v) is 6.62. The largest absolute Gasteiger partial charge is 0.496 e. The minimum absolute atomic E-state index is 0.0651. The van der Waals surface area contributed by atoms with Gasteiger partial charge in [-0.25, -0.2) is 0 Å². The molecule has 2 aromatic rings. The Hall–Kier alpha value is -2.63. The van der Waals surface area contributed by atoms with E-state index in [0.29, 0.717) is 12.2 Å². The molecule has 0 atom stereocenters. The van der Waals surface area contributed by atoms with E-state index in [1.54, 1.807) is 31.4 Å². The molecule has 1 heterocycles. The summed E-state index contributed by atoms with van der Waals surface area (Å²) < 4.78 is 16.5. The number of ether oxygens (including phenoxy) is 3. The standard InChI is InChI=1S/C23H27NO4/c1-26-23-9-3-2-6-19(23)10-11-22(25)20-7-4-8-21(18-20)28-15-5-12-24-13-16-27-17-14-24/h2-4,6-11,18H,5,12-17H2,1H3. The van der Waals surface area contributed by atoms with Crippen LogP contribution < -0.4 is 9.47 Å². The van der Waals surface area contributed by atoms with Crippen LogP contribution >= 0.6 is 0 Å². The van der Waals surface area contributed by atoms with Crippen LogP contribution in [0.2, 0.25) is 0 Å². The zero-order chi connectivity index (χ0) is 19.6. The number of carbonyl (C=O) groups excluding carboxylic acids is 1. The monoisotopic (exact) mass is 381 g/mol. The van der Waals surface area contributed by atoms with E-state index in [4.69, 9.17) is 14.2 Å². The summed E-state index contributed by atoms with van der Waals surface area (Å²) >= 11 is 0. The molecule has 0 amide bonds. The van der Waals surface area contributed by atoms with Gasteiger partial charge in [-0.15, -0.1) is 0 Å². The molecule has 0 radical (unpaired) electrons. The van der Waals surface area contributed by atoms with Gasteiger partial charge in [0.05, 0.1) is 26.9 Å². The first-order valence-electron chi connectivity index (χ1n) is 9.64. The van der Waals surface area contributed by atoms with Gasteiger partial charge in [-0.2, -0.15) is 0 Å². The fourth-order valence-corrected chi connectivity index (χ4v) is 3.11. The van der Waals surface area contributed by atoms with Gasteiger partial charge < -0.3 is 14.2 Å². The number of methoxy groups -OCH3 is 1. The number of para-hydroxylation sites is 1. The Balaban J connectivity index is 1.52. The minimum Gasteiger partial charge on any atom is -0.496 e. The highest BCUT2D eigenvalue weighted by Gasteiger charge is 2.09. The Morgan fingerprint density at radius 3 is 2.79 bits per heavy atom. The summed E-state index contributed by atoms with van der Waals surface area (Å²) in [5, 5.41) is 0. The van der Waals surface area contributed by atoms with Crippen LogP contribution in [0, 0.1) is 0 Å². The van der Waals surface area contributed by atoms with Crippen molar-refractivity contribution in [3.05, 3.63) is 65.7 Å². The van der Waals surface area contributed by atoms with E-state index in [1.807, 2.05) is 36.4 Å². The molecular weight excluding hydrogens is 354 g/mol. The Labute approximate surface area is 166 Å². The average Bonchev–Trinajstić information content (AvgIpc) is 2.76. The SMILES string of the molecule is COc1ccccc1C=CC(=O)c1cccc(OCCCN2CCOCC2)c1. The predicted octanol–water partition coefficient (Wildman–Crippen LogP) is 3.69. The highest BCUT2D eigenvalue weighted by Crippen LogP contribution is 2.20. The molecule has 0 aliphatic carbocycles. The summed E-state index contributed by atoms with van der Waals surface area (Å²) in [7, 11) is 1.62. The third-order valence-corrected chi connectivity index (χ3v) is 4.66. The van der Waals surface area contributed by atoms with Crippen LogP contribution in [0.5, 0.6) is 11.5 Å². The molecule has 1 aliphatic rings. The molecule has 28 heavy (non-hydrogen) atoms. The molecule has 2 aromatic carbocycles. The van der Waals surface area contributed by atoms with Crippen LogP contribution in [-0.2, 0) is 4.74 Å². The first kappa shape index (κ1) is 20.1. The van der Waals surface area contributed by atoms with Crippen molar-refractivity contribution in [1.82, 2.24) is 4.90 Å². The van der Waals surface area contributed by atoms with Gasteiger partial charge in [0, 0.05) is 30.8 Å². The Kier molecular flexibility index (Phi) is 7.64. The van der Waals surface area contributed by atoms with Crippen molar-refractivity contribution >= 4 is 11.9 Å². The molecule has 5 heteroatoms. The van der Waals surface area contributed by atoms with E-state index in [-0.39, 0.29) is 5.78 Å². The Morgan fingerprint density at radius 2 is 1.96 bits per heavy atom. The molecular formula is C23H27NO4. The minimum atomic E-state index is -0.0651. The van der Waals surface area contributed by atoms with Gasteiger partial charge in [0.25, 0.3) is 0 Å². The quantitative estimate of drug-likeness (QED) is 0.377. The van der Waals surface area contributed by atoms with Gasteiger partial charge in [0.15, 0.2) is 5.78 Å². The summed E-state index contributed by atoms with van der Waals surface area (Å²) in [6.45, 7) is 5.24. The first-order chi connectivity index (χ1) is 13.8. The molecule has 1 saturated heterocycles. The van der Waals surface area contributed by atoms with Crippen LogP contribution in [-0.4, -0.2) is 57.2 Å². The maximum Gasteiger partial charge on any atom is 0.185 e. The highest BCUT2D eigenvalue weighted by molar-refractivity contribution is 6.07. The van der Waals surface area contributed by atoms with E-state index in [1.165, 1.54) is 0 Å². The molecule has 0 bridgehead atoms. The van der Waals surface area contributed by atoms with Gasteiger partial charge in [0.2, 0.25) is 0 Å². The van der Waals surface area contributed by atoms with Crippen molar-refractivity contribution in [2.24, 2.45) is 0 Å². The van der Waals surface area contributed by atoms with Crippen molar-refractivity contribution in [2.75, 3.05) is 46.6 Å². The molecule has 1 aliphatic heterocycles. The van der Waals surface area contributed by atoms with E-state index >= 15 is 0 Å². The van der Waals surface area contributed by atoms with Crippen molar-refractivity contribution in [2.45, 2.75) is 6.42 Å². The fraction of sp³-hybridized carbons (Fsp3) is 0.348. The maximum absolute atomic E-state index is 12.5. The van der Waals surface area contributed by atoms with Crippen LogP contribution in [0.3, 0.4) is 0 Å². The van der Waals surface area contributed by atoms with Crippen LogP contribution in [0.25, 0.3) is 6.08 Å². The van der Waals surface area contributed by atoms with E-state index < -0.39 is 0 Å². The number of morpholine rings is 1. The number of nitrogens with zero attached hydrogens (tertiary/aromatic N) is 1. The topological polar surface area (TPSA) is 48.0 Å². The lowest BCUT2D eigenvalue weighted by atomic mass is 10.1. The Bertz CT molecular complexity index is 797. The maximum atomic E-state index is 12.5. The number of hydrogen-bond donors (Lipinski definition) is 0. The molecule has 0 saturated carbocycles. The van der Waals surface area contributed by atoms with E-state index in [2.05, 4.69) is 4.90 Å². The predicted molar refractivity (Wildman–Crippen MR) is 110 cm³/mol. The number of ketones is 1. The number of rotatable bonds is 9. The second kappa shape index (κ2) is 10.6. The number of benzene rings is 2. The lowest BCUT2D eigenvalue weighted by Gasteiger charge is -2.26. The molecule has 0 N–H and O–H groups in total. The van der Waals surface area contributed by atoms with Gasteiger partial charge in [-0.1, -0.05) is 30.3 Å². The first-order valence-corrected chi connectivity index (χ1v) is 9.64. The fourth-order valence-electron chi connectivity index (χ4n) is 3.11. The molecule has 148 valence electrons. The van der Waals surface area contributed by atoms with Crippen molar-refractivity contribution < 1.29 is 19.0 Å². The molecule has 1 fully saturated rings. The summed E-state index contributed by atoms with van der Waals surface area (Å²) in [5.41, 5.74) is 1.48. The van der Waals surface area contributed by atoms with Gasteiger partial charge in [-0.3, -0.25) is 9.69 Å². The van der Waals surface area contributed by atoms with Gasteiger partial charge in [0.1, 0.15) is 11.5 Å². The van der Waals surface area contributed by atoms with E-state index in [9.17, 15) is 4.79 Å². The van der Waals surface area contributed by atoms with Crippen molar-refractivity contribution in [3.8, 4) is 11.5 Å². The molecule has 0 unspecified atom stereocenters. The molecule has 3 rings (SSSR count). The summed E-state index contributed by atoms with van der Waals surface area (Å²) in [5.74, 6) is 1.40. The number of carbonyl (C=O) groups is 1. The average molecular weight is 381 g/mol. The summed E-state index contributed by atoms with van der Waals surface area (Å²) in [6.07, 6.45) is 4.29. The zero-order valence-corrected chi connectivity index (χ0v) is 16.3. The van der Waals surface area contributed by atoms with Gasteiger partial charge >= 0.3 is 0 Å². The lowest BCUT2D eigenvalue weighted by molar-refractivity contribution is 0.0358. The number of hydrogen-bond acceptors (Lipinski definition) is 5. The van der Waals surface area contributed by atoms with E-state index in [0.717, 1.165) is 56.3 Å². The second-order valence-electron chi connectivity index (χ2n) is 6.62. The number of allylic oxidation sites excluding steroid dienone is 1. The van der Waals surface area contributed by atoms with Crippen LogP contribution in [0.4, 0.5) is 0 Å². The normalized spacial score (nSPS) is 14.9. The third kappa shape index (κ3) is 5.94. The third-order valence-electron chi connectivity index (χ3n) is 4.66. The highest BCUT2D eigenvalue weighted by atomic mass is 16.5. The summed E-state index contributed by atoms with van der Waals surface area (Å²) in [6, 6.07) is 14.9. The Morgan fingerprint density at radius 1 is 1.14 bits per heavy atom.